The minimum atomic E-state index is -0.872. The second kappa shape index (κ2) is 11.8. The molecule has 2 fully saturated rings. The van der Waals surface area contributed by atoms with Crippen LogP contribution in [0.2, 0.25) is 0 Å². The minimum Gasteiger partial charge on any atom is -0.497 e. The predicted molar refractivity (Wildman–Crippen MR) is 150 cm³/mol. The summed E-state index contributed by atoms with van der Waals surface area (Å²) >= 11 is 0. The monoisotopic (exact) mass is 535 g/mol. The van der Waals surface area contributed by atoms with Gasteiger partial charge in [-0.1, -0.05) is 43.2 Å². The first-order valence-electron chi connectivity index (χ1n) is 13.8. The molecule has 1 saturated heterocycles. The van der Waals surface area contributed by atoms with Crippen molar-refractivity contribution < 1.29 is 19.0 Å². The number of aromatic nitrogens is 2. The van der Waals surface area contributed by atoms with E-state index in [1.54, 1.807) is 18.5 Å². The number of aliphatic hydroxyl groups is 1. The molecule has 3 N–H and O–H groups in total. The molecule has 8 nitrogen and oxygen atoms in total. The average molecular weight is 536 g/mol. The average Bonchev–Trinajstić information content (AvgIpc) is 3.38. The van der Waals surface area contributed by atoms with E-state index in [4.69, 9.17) is 4.74 Å². The molecule has 9 heteroatoms. The zero-order valence-corrected chi connectivity index (χ0v) is 22.7. The van der Waals surface area contributed by atoms with Crippen LogP contribution < -0.4 is 15.4 Å². The lowest BCUT2D eigenvalue weighted by molar-refractivity contribution is -0.0243. The van der Waals surface area contributed by atoms with Crippen molar-refractivity contribution in [3.05, 3.63) is 66.4 Å². The number of hydrogen-bond donors (Lipinski definition) is 3. The van der Waals surface area contributed by atoms with Crippen LogP contribution in [0, 0.1) is 5.82 Å². The van der Waals surface area contributed by atoms with Gasteiger partial charge in [0.05, 0.1) is 36.5 Å². The Hall–Kier alpha value is -3.43. The number of benzene rings is 2. The van der Waals surface area contributed by atoms with Gasteiger partial charge in [-0.2, -0.15) is 0 Å². The molecule has 0 unspecified atom stereocenters. The van der Waals surface area contributed by atoms with Gasteiger partial charge in [-0.25, -0.2) is 9.37 Å². The Morgan fingerprint density at radius 3 is 2.82 bits per heavy atom. The summed E-state index contributed by atoms with van der Waals surface area (Å²) in [7, 11) is 1.51. The highest BCUT2D eigenvalue weighted by Gasteiger charge is 2.39. The van der Waals surface area contributed by atoms with Crippen molar-refractivity contribution in [2.24, 2.45) is 0 Å². The van der Waals surface area contributed by atoms with Crippen molar-refractivity contribution in [3.63, 3.8) is 0 Å². The smallest absolute Gasteiger partial charge is 0.275 e. The molecule has 2 aromatic carbocycles. The first kappa shape index (κ1) is 27.1. The number of hydrogen-bond acceptors (Lipinski definition) is 6. The van der Waals surface area contributed by atoms with Gasteiger partial charge >= 0.3 is 0 Å². The zero-order valence-electron chi connectivity index (χ0n) is 22.7. The lowest BCUT2D eigenvalue weighted by atomic mass is 9.81. The molecule has 3 aromatic rings. The van der Waals surface area contributed by atoms with Gasteiger partial charge in [-0.3, -0.25) is 4.79 Å². The van der Waals surface area contributed by atoms with Gasteiger partial charge in [0.25, 0.3) is 5.91 Å². The van der Waals surface area contributed by atoms with E-state index in [9.17, 15) is 14.3 Å². The van der Waals surface area contributed by atoms with Crippen LogP contribution in [0.3, 0.4) is 0 Å². The van der Waals surface area contributed by atoms with Gasteiger partial charge in [0.15, 0.2) is 5.69 Å². The van der Waals surface area contributed by atoms with E-state index in [0.29, 0.717) is 49.7 Å². The fourth-order valence-electron chi connectivity index (χ4n) is 5.93. The number of piperazine rings is 1. The molecule has 1 aromatic heterocycles. The number of halogens is 1. The summed E-state index contributed by atoms with van der Waals surface area (Å²) in [6, 6.07) is 14.3. The van der Waals surface area contributed by atoms with Gasteiger partial charge in [0.2, 0.25) is 0 Å². The Balaban J connectivity index is 1.38. The number of nitrogens with one attached hydrogen (secondary N) is 2. The van der Waals surface area contributed by atoms with Crippen LogP contribution in [0.25, 0.3) is 11.3 Å². The molecule has 39 heavy (non-hydrogen) atoms. The summed E-state index contributed by atoms with van der Waals surface area (Å²) in [5.41, 5.74) is 1.60. The topological polar surface area (TPSA) is 91.7 Å². The second-order valence-electron chi connectivity index (χ2n) is 10.8. The zero-order chi connectivity index (χ0) is 27.4. The lowest BCUT2D eigenvalue weighted by Crippen LogP contribution is -2.54. The van der Waals surface area contributed by atoms with Gasteiger partial charge < -0.3 is 29.9 Å². The SMILES string of the molecule is COc1ccc(NCC[C@@H]2CNCCN2C(=O)c2ncn([C@@H]3CCCC[C@]3(C)O)c2-c2ccccc2)c(F)c1. The number of methoxy groups -OCH3 is 1. The molecule has 208 valence electrons. The van der Waals surface area contributed by atoms with E-state index < -0.39 is 5.60 Å². The molecule has 0 bridgehead atoms. The number of ether oxygens (including phenoxy) is 1. The minimum absolute atomic E-state index is 0.0772. The molecule has 1 aliphatic carbocycles. The third-order valence-corrected chi connectivity index (χ3v) is 8.09. The number of nitrogens with zero attached hydrogens (tertiary/aromatic N) is 3. The molecular formula is C30H38FN5O3. The normalized spacial score (nSPS) is 23.4. The number of rotatable bonds is 8. The number of anilines is 1. The van der Waals surface area contributed by atoms with E-state index in [2.05, 4.69) is 15.6 Å². The van der Waals surface area contributed by atoms with Crippen LogP contribution in [0.4, 0.5) is 10.1 Å². The third-order valence-electron chi connectivity index (χ3n) is 8.09. The first-order valence-corrected chi connectivity index (χ1v) is 13.8. The Bertz CT molecular complexity index is 1280. The van der Waals surface area contributed by atoms with Crippen molar-refractivity contribution in [1.29, 1.82) is 0 Å². The van der Waals surface area contributed by atoms with Crippen LogP contribution in [-0.4, -0.2) is 70.4 Å². The number of amides is 1. The molecule has 1 saturated carbocycles. The van der Waals surface area contributed by atoms with Crippen molar-refractivity contribution in [1.82, 2.24) is 19.8 Å². The van der Waals surface area contributed by atoms with Crippen LogP contribution in [0.5, 0.6) is 5.75 Å². The van der Waals surface area contributed by atoms with E-state index in [-0.39, 0.29) is 23.8 Å². The van der Waals surface area contributed by atoms with E-state index >= 15 is 0 Å². The van der Waals surface area contributed by atoms with Crippen LogP contribution in [0.1, 0.15) is 55.6 Å². The summed E-state index contributed by atoms with van der Waals surface area (Å²) in [5.74, 6) is -0.0272. The molecule has 0 radical (unpaired) electrons. The molecule has 1 amide bonds. The summed E-state index contributed by atoms with van der Waals surface area (Å²) < 4.78 is 21.5. The van der Waals surface area contributed by atoms with Crippen molar-refractivity contribution in [2.75, 3.05) is 38.6 Å². The van der Waals surface area contributed by atoms with Crippen molar-refractivity contribution in [3.8, 4) is 17.0 Å². The molecule has 2 heterocycles. The van der Waals surface area contributed by atoms with Crippen LogP contribution in [-0.2, 0) is 0 Å². The Morgan fingerprint density at radius 2 is 2.08 bits per heavy atom. The Morgan fingerprint density at radius 1 is 1.26 bits per heavy atom. The van der Waals surface area contributed by atoms with E-state index in [1.165, 1.54) is 13.2 Å². The van der Waals surface area contributed by atoms with Crippen LogP contribution in [0.15, 0.2) is 54.9 Å². The quantitative estimate of drug-likeness (QED) is 0.394. The number of carbonyl (C=O) groups is 1. The Labute approximate surface area is 229 Å². The fourth-order valence-corrected chi connectivity index (χ4v) is 5.93. The van der Waals surface area contributed by atoms with Gasteiger partial charge in [0, 0.05) is 43.9 Å². The second-order valence-corrected chi connectivity index (χ2v) is 10.8. The largest absolute Gasteiger partial charge is 0.497 e. The van der Waals surface area contributed by atoms with Crippen molar-refractivity contribution in [2.45, 2.75) is 56.7 Å². The maximum Gasteiger partial charge on any atom is 0.275 e. The predicted octanol–water partition coefficient (Wildman–Crippen LogP) is 4.48. The molecule has 3 atom stereocenters. The highest BCUT2D eigenvalue weighted by atomic mass is 19.1. The summed E-state index contributed by atoms with van der Waals surface area (Å²) in [6.45, 7) is 4.30. The van der Waals surface area contributed by atoms with Gasteiger partial charge in [-0.15, -0.1) is 0 Å². The van der Waals surface area contributed by atoms with E-state index in [1.807, 2.05) is 46.7 Å². The fraction of sp³-hybridized carbons (Fsp3) is 0.467. The third kappa shape index (κ3) is 5.79. The van der Waals surface area contributed by atoms with E-state index in [0.717, 1.165) is 36.9 Å². The lowest BCUT2D eigenvalue weighted by Gasteiger charge is -2.39. The molecular weight excluding hydrogens is 497 g/mol. The number of imidazole rings is 1. The molecule has 5 rings (SSSR count). The highest BCUT2D eigenvalue weighted by Crippen LogP contribution is 2.40. The molecule has 1 aliphatic heterocycles. The van der Waals surface area contributed by atoms with Crippen LogP contribution >= 0.6 is 0 Å². The molecule has 0 spiro atoms. The summed E-state index contributed by atoms with van der Waals surface area (Å²) in [5, 5.41) is 17.8. The van der Waals surface area contributed by atoms with Crippen molar-refractivity contribution >= 4 is 11.6 Å². The standard InChI is InChI=1S/C30H38FN5O3/c1-30(38)14-7-6-10-26(30)36-20-34-27(28(36)21-8-4-3-5-9-21)29(37)35-17-16-32-19-22(35)13-15-33-25-12-11-23(39-2)18-24(25)31/h3-5,8-9,11-12,18,20,22,26,32-33,38H,6-7,10,13-17,19H2,1-2H3/t22-,26-,30+/m1/s1. The summed E-state index contributed by atoms with van der Waals surface area (Å²) in [4.78, 5) is 20.6. The molecule has 2 aliphatic rings. The Kier molecular flexibility index (Phi) is 8.18. The summed E-state index contributed by atoms with van der Waals surface area (Å²) in [6.07, 6.45) is 5.93. The maximum atomic E-state index is 14.4. The first-order chi connectivity index (χ1) is 18.9. The highest BCUT2D eigenvalue weighted by molar-refractivity contribution is 5.98. The van der Waals surface area contributed by atoms with Gasteiger partial charge in [-0.05, 0) is 38.3 Å². The van der Waals surface area contributed by atoms with Gasteiger partial charge in [0.1, 0.15) is 11.6 Å². The maximum absolute atomic E-state index is 14.4. The number of carbonyl (C=O) groups excluding carboxylic acids is 1.